The number of hydrogen-bond acceptors (Lipinski definition) is 10. The Hall–Kier alpha value is -3.34. The first kappa shape index (κ1) is 27.7. The SMILES string of the molecule is CCCOC(=O)Oc1ccc(C(C[C@@H](C)OC(C)=O)[C@H](N)C(=O)O)cc1OC(=O)OCCC. The van der Waals surface area contributed by atoms with Gasteiger partial charge < -0.3 is 34.5 Å². The summed E-state index contributed by atoms with van der Waals surface area (Å²) < 4.78 is 25.2. The maximum absolute atomic E-state index is 12.0. The summed E-state index contributed by atoms with van der Waals surface area (Å²) >= 11 is 0. The number of nitrogens with two attached hydrogens (primary N) is 1. The summed E-state index contributed by atoms with van der Waals surface area (Å²) in [7, 11) is 0. The molecule has 0 aliphatic rings. The Morgan fingerprint density at radius 1 is 0.970 bits per heavy atom. The zero-order chi connectivity index (χ0) is 25.0. The minimum atomic E-state index is -1.36. The van der Waals surface area contributed by atoms with Gasteiger partial charge in [0.05, 0.1) is 19.3 Å². The van der Waals surface area contributed by atoms with E-state index < -0.39 is 42.3 Å². The second-order valence-corrected chi connectivity index (χ2v) is 7.23. The molecule has 11 nitrogen and oxygen atoms in total. The molecule has 33 heavy (non-hydrogen) atoms. The molecule has 1 unspecified atom stereocenters. The van der Waals surface area contributed by atoms with Crippen LogP contribution in [0.4, 0.5) is 9.59 Å². The molecule has 3 atom stereocenters. The summed E-state index contributed by atoms with van der Waals surface area (Å²) in [5, 5.41) is 9.45. The second-order valence-electron chi connectivity index (χ2n) is 7.23. The number of carboxylic acids is 1. The number of carbonyl (C=O) groups excluding carboxylic acids is 3. The molecule has 0 fully saturated rings. The van der Waals surface area contributed by atoms with Crippen LogP contribution in [-0.2, 0) is 23.8 Å². The third-order valence-corrected chi connectivity index (χ3v) is 4.30. The van der Waals surface area contributed by atoms with Crippen molar-refractivity contribution in [3.8, 4) is 11.5 Å². The van der Waals surface area contributed by atoms with Gasteiger partial charge in [-0.05, 0) is 43.9 Å². The number of ether oxygens (including phenoxy) is 5. The van der Waals surface area contributed by atoms with Crippen LogP contribution in [0, 0.1) is 0 Å². The van der Waals surface area contributed by atoms with Gasteiger partial charge >= 0.3 is 24.2 Å². The fourth-order valence-corrected chi connectivity index (χ4v) is 2.88. The maximum atomic E-state index is 12.0. The monoisotopic (exact) mass is 469 g/mol. The number of hydrogen-bond donors (Lipinski definition) is 2. The summed E-state index contributed by atoms with van der Waals surface area (Å²) in [5.74, 6) is -2.95. The lowest BCUT2D eigenvalue weighted by Gasteiger charge is -2.25. The Bertz CT molecular complexity index is 825. The fourth-order valence-electron chi connectivity index (χ4n) is 2.88. The number of esters is 1. The molecule has 0 spiro atoms. The molecule has 0 aromatic heterocycles. The van der Waals surface area contributed by atoms with Crippen molar-refractivity contribution in [2.24, 2.45) is 5.73 Å². The van der Waals surface area contributed by atoms with Gasteiger partial charge in [0, 0.05) is 12.8 Å². The van der Waals surface area contributed by atoms with Gasteiger partial charge in [-0.3, -0.25) is 9.59 Å². The van der Waals surface area contributed by atoms with E-state index >= 15 is 0 Å². The number of rotatable bonds is 12. The Labute approximate surface area is 192 Å². The van der Waals surface area contributed by atoms with Crippen molar-refractivity contribution in [3.63, 3.8) is 0 Å². The molecule has 0 amide bonds. The van der Waals surface area contributed by atoms with Gasteiger partial charge in [0.15, 0.2) is 11.5 Å². The Morgan fingerprint density at radius 3 is 2.00 bits per heavy atom. The van der Waals surface area contributed by atoms with Crippen LogP contribution in [0.1, 0.15) is 58.4 Å². The molecule has 0 aliphatic carbocycles. The van der Waals surface area contributed by atoms with Crippen LogP contribution in [0.15, 0.2) is 18.2 Å². The second kappa shape index (κ2) is 13.9. The van der Waals surface area contributed by atoms with Crippen molar-refractivity contribution in [3.05, 3.63) is 23.8 Å². The van der Waals surface area contributed by atoms with Gasteiger partial charge in [0.1, 0.15) is 6.04 Å². The van der Waals surface area contributed by atoms with Crippen LogP contribution in [0.25, 0.3) is 0 Å². The first-order valence-electron chi connectivity index (χ1n) is 10.6. The van der Waals surface area contributed by atoms with Crippen LogP contribution in [0.3, 0.4) is 0 Å². The van der Waals surface area contributed by atoms with E-state index in [9.17, 15) is 24.3 Å². The maximum Gasteiger partial charge on any atom is 0.513 e. The molecule has 184 valence electrons. The molecule has 0 radical (unpaired) electrons. The molecule has 1 aromatic rings. The highest BCUT2D eigenvalue weighted by atomic mass is 16.7. The lowest BCUT2D eigenvalue weighted by atomic mass is 9.87. The van der Waals surface area contributed by atoms with E-state index in [2.05, 4.69) is 0 Å². The molecule has 11 heteroatoms. The predicted octanol–water partition coefficient (Wildman–Crippen LogP) is 3.37. The molecule has 1 rings (SSSR count). The van der Waals surface area contributed by atoms with Crippen molar-refractivity contribution in [1.29, 1.82) is 0 Å². The van der Waals surface area contributed by atoms with E-state index in [1.807, 2.05) is 6.92 Å². The third-order valence-electron chi connectivity index (χ3n) is 4.30. The molecule has 0 bridgehead atoms. The predicted molar refractivity (Wildman–Crippen MR) is 115 cm³/mol. The normalized spacial score (nSPS) is 13.2. The molecule has 0 saturated carbocycles. The van der Waals surface area contributed by atoms with Gasteiger partial charge in [-0.2, -0.15) is 0 Å². The minimum absolute atomic E-state index is 0.0749. The lowest BCUT2D eigenvalue weighted by molar-refractivity contribution is -0.146. The molecule has 3 N–H and O–H groups in total. The highest BCUT2D eigenvalue weighted by Crippen LogP contribution is 2.35. The lowest BCUT2D eigenvalue weighted by Crippen LogP contribution is -2.38. The summed E-state index contributed by atoms with van der Waals surface area (Å²) in [4.78, 5) is 46.7. The van der Waals surface area contributed by atoms with E-state index in [-0.39, 0.29) is 31.1 Å². The first-order valence-corrected chi connectivity index (χ1v) is 10.6. The van der Waals surface area contributed by atoms with Crippen molar-refractivity contribution in [1.82, 2.24) is 0 Å². The number of carboxylic acid groups (broad SMARTS) is 1. The van der Waals surface area contributed by atoms with Gasteiger partial charge in [-0.25, -0.2) is 9.59 Å². The smallest absolute Gasteiger partial charge is 0.480 e. The third kappa shape index (κ3) is 9.77. The summed E-state index contributed by atoms with van der Waals surface area (Å²) in [5.41, 5.74) is 6.24. The Balaban J connectivity index is 3.30. The number of benzene rings is 1. The van der Waals surface area contributed by atoms with E-state index in [0.717, 1.165) is 0 Å². The summed E-state index contributed by atoms with van der Waals surface area (Å²) in [6, 6.07) is 2.76. The van der Waals surface area contributed by atoms with Gasteiger partial charge in [-0.15, -0.1) is 0 Å². The van der Waals surface area contributed by atoms with Crippen LogP contribution in [0.5, 0.6) is 11.5 Å². The topological polar surface area (TPSA) is 161 Å². The van der Waals surface area contributed by atoms with Crippen LogP contribution in [-0.4, -0.2) is 54.7 Å². The fraction of sp³-hybridized carbons (Fsp3) is 0.545. The Morgan fingerprint density at radius 2 is 1.52 bits per heavy atom. The van der Waals surface area contributed by atoms with Crippen LogP contribution in [0.2, 0.25) is 0 Å². The molecular weight excluding hydrogens is 438 g/mol. The first-order chi connectivity index (χ1) is 15.6. The summed E-state index contributed by atoms with van der Waals surface area (Å²) in [6.07, 6.45) is -1.46. The standard InChI is InChI=1S/C22H31NO10/c1-5-9-29-21(27)32-17-8-7-15(12-18(17)33-22(28)30-10-6-2)16(19(23)20(25)26)11-13(3)31-14(4)24/h7-8,12-13,16,19H,5-6,9-11,23H2,1-4H3,(H,25,26)/t13-,16?,19+/m1/s1. The highest BCUT2D eigenvalue weighted by molar-refractivity contribution is 5.75. The zero-order valence-corrected chi connectivity index (χ0v) is 19.2. The van der Waals surface area contributed by atoms with E-state index in [4.69, 9.17) is 29.4 Å². The molecule has 0 aliphatic heterocycles. The quantitative estimate of drug-likeness (QED) is 0.262. The van der Waals surface area contributed by atoms with Crippen LogP contribution >= 0.6 is 0 Å². The molecule has 0 heterocycles. The van der Waals surface area contributed by atoms with E-state index in [1.165, 1.54) is 25.1 Å². The van der Waals surface area contributed by atoms with E-state index in [1.54, 1.807) is 13.8 Å². The van der Waals surface area contributed by atoms with Crippen molar-refractivity contribution < 1.29 is 48.0 Å². The van der Waals surface area contributed by atoms with Crippen molar-refractivity contribution >= 4 is 24.2 Å². The van der Waals surface area contributed by atoms with Crippen molar-refractivity contribution in [2.75, 3.05) is 13.2 Å². The average Bonchev–Trinajstić information content (AvgIpc) is 2.74. The largest absolute Gasteiger partial charge is 0.513 e. The van der Waals surface area contributed by atoms with Gasteiger partial charge in [0.25, 0.3) is 0 Å². The van der Waals surface area contributed by atoms with Gasteiger partial charge in [0.2, 0.25) is 0 Å². The Kier molecular flexibility index (Phi) is 11.7. The molecule has 0 saturated heterocycles. The average molecular weight is 469 g/mol. The van der Waals surface area contributed by atoms with Crippen molar-refractivity contribution in [2.45, 2.75) is 65.0 Å². The van der Waals surface area contributed by atoms with E-state index in [0.29, 0.717) is 18.4 Å². The summed E-state index contributed by atoms with van der Waals surface area (Å²) in [6.45, 7) is 6.69. The molecular formula is C22H31NO10. The number of aliphatic carboxylic acids is 1. The number of carbonyl (C=O) groups is 4. The minimum Gasteiger partial charge on any atom is -0.480 e. The zero-order valence-electron chi connectivity index (χ0n) is 19.2. The highest BCUT2D eigenvalue weighted by Gasteiger charge is 2.30. The van der Waals surface area contributed by atoms with Crippen LogP contribution < -0.4 is 15.2 Å². The van der Waals surface area contributed by atoms with Gasteiger partial charge in [-0.1, -0.05) is 19.9 Å². The molecule has 1 aromatic carbocycles.